The Kier molecular flexibility index (Phi) is 3.34. The average molecular weight is 104 g/mol. The Hall–Kier alpha value is 0.714. The largest absolute Gasteiger partial charge is 0.0533 e. The molecule has 0 aromatic rings. The summed E-state index contributed by atoms with van der Waals surface area (Å²) in [6, 6.07) is 0. The van der Waals surface area contributed by atoms with Gasteiger partial charge in [0, 0.05) is 21.7 Å². The molecule has 1 aliphatic rings. The summed E-state index contributed by atoms with van der Waals surface area (Å²) in [5.41, 5.74) is 0. The van der Waals surface area contributed by atoms with Gasteiger partial charge in [-0.15, -0.1) is 0 Å². The van der Waals surface area contributed by atoms with Gasteiger partial charge in [0.05, 0.1) is 0 Å². The maximum atomic E-state index is 1.50. The Labute approximate surface area is 47.8 Å². The predicted octanol–water partition coefficient (Wildman–Crippen LogP) is 1.56. The van der Waals surface area contributed by atoms with Gasteiger partial charge in [-0.05, 0) is 0 Å². The predicted molar refractivity (Wildman–Crippen MR) is 18.5 cm³/mol. The van der Waals surface area contributed by atoms with Crippen molar-refractivity contribution in [2.45, 2.75) is 25.7 Å². The molecule has 0 atom stereocenters. The van der Waals surface area contributed by atoms with Crippen molar-refractivity contribution < 1.29 is 21.7 Å². The minimum absolute atomic E-state index is 0. The van der Waals surface area contributed by atoms with Crippen LogP contribution in [0.15, 0.2) is 0 Å². The van der Waals surface area contributed by atoms with Gasteiger partial charge < -0.3 is 0 Å². The van der Waals surface area contributed by atoms with Crippen LogP contribution < -0.4 is 0 Å². The van der Waals surface area contributed by atoms with E-state index in [1.807, 2.05) is 0 Å². The van der Waals surface area contributed by atoms with Gasteiger partial charge in [-0.1, -0.05) is 25.7 Å². The van der Waals surface area contributed by atoms with Gasteiger partial charge in [0.1, 0.15) is 0 Å². The fourth-order valence-electron chi connectivity index (χ4n) is 0.250. The molecule has 0 saturated heterocycles. The summed E-state index contributed by atoms with van der Waals surface area (Å²) in [6.45, 7) is 0. The second-order valence-electron chi connectivity index (χ2n) is 1.41. The van der Waals surface area contributed by atoms with Crippen molar-refractivity contribution in [2.24, 2.45) is 0 Å². The molecular formula is C4H8Ti. The summed E-state index contributed by atoms with van der Waals surface area (Å²) in [4.78, 5) is 0. The zero-order valence-corrected chi connectivity index (χ0v) is 4.89. The molecule has 0 radical (unpaired) electrons. The van der Waals surface area contributed by atoms with Crippen molar-refractivity contribution >= 4 is 0 Å². The van der Waals surface area contributed by atoms with Crippen LogP contribution in [0.3, 0.4) is 0 Å². The topological polar surface area (TPSA) is 0 Å². The minimum atomic E-state index is 0. The molecule has 0 bridgehead atoms. The summed E-state index contributed by atoms with van der Waals surface area (Å²) in [5.74, 6) is 0. The number of hydrogen-bond acceptors (Lipinski definition) is 0. The van der Waals surface area contributed by atoms with Crippen LogP contribution in [0.2, 0.25) is 0 Å². The Morgan fingerprint density at radius 3 is 0.800 bits per heavy atom. The summed E-state index contributed by atoms with van der Waals surface area (Å²) in [5, 5.41) is 0. The smallest absolute Gasteiger partial charge is 0 e. The van der Waals surface area contributed by atoms with Crippen molar-refractivity contribution in [2.75, 3.05) is 0 Å². The molecule has 0 heterocycles. The van der Waals surface area contributed by atoms with E-state index in [-0.39, 0.29) is 21.7 Å². The standard InChI is InChI=1S/C4H8.Ti/c1-2-4-3-1;/h1-4H2;. The second kappa shape index (κ2) is 2.93. The van der Waals surface area contributed by atoms with E-state index in [4.69, 9.17) is 0 Å². The molecule has 0 amide bonds. The van der Waals surface area contributed by atoms with Gasteiger partial charge in [-0.3, -0.25) is 0 Å². The Bertz CT molecular complexity index is 11.6. The molecule has 0 aromatic carbocycles. The SMILES string of the molecule is C1CCC1.[Ti]. The molecule has 0 spiro atoms. The van der Waals surface area contributed by atoms with Gasteiger partial charge in [-0.2, -0.15) is 0 Å². The van der Waals surface area contributed by atoms with Gasteiger partial charge in [0.25, 0.3) is 0 Å². The molecule has 0 N–H and O–H groups in total. The summed E-state index contributed by atoms with van der Waals surface area (Å²) >= 11 is 0. The fraction of sp³-hybridized carbons (Fsp3) is 1.00. The quantitative estimate of drug-likeness (QED) is 0.409. The Balaban J connectivity index is 0.000000160. The van der Waals surface area contributed by atoms with E-state index in [1.54, 1.807) is 0 Å². The van der Waals surface area contributed by atoms with Crippen molar-refractivity contribution in [3.63, 3.8) is 0 Å². The van der Waals surface area contributed by atoms with Crippen molar-refractivity contribution in [1.29, 1.82) is 0 Å². The van der Waals surface area contributed by atoms with Crippen LogP contribution in [0.4, 0.5) is 0 Å². The van der Waals surface area contributed by atoms with E-state index in [2.05, 4.69) is 0 Å². The van der Waals surface area contributed by atoms with Gasteiger partial charge in [-0.25, -0.2) is 0 Å². The fourth-order valence-corrected chi connectivity index (χ4v) is 0.250. The molecule has 1 rings (SSSR count). The van der Waals surface area contributed by atoms with E-state index in [9.17, 15) is 0 Å². The Morgan fingerprint density at radius 1 is 0.600 bits per heavy atom. The zero-order valence-electron chi connectivity index (χ0n) is 3.33. The third-order valence-electron chi connectivity index (χ3n) is 1.000. The second-order valence-corrected chi connectivity index (χ2v) is 1.41. The summed E-state index contributed by atoms with van der Waals surface area (Å²) < 4.78 is 0. The first-order chi connectivity index (χ1) is 2.00. The van der Waals surface area contributed by atoms with Crippen LogP contribution in [-0.2, 0) is 21.7 Å². The molecule has 5 heavy (non-hydrogen) atoms. The van der Waals surface area contributed by atoms with Crippen molar-refractivity contribution in [1.82, 2.24) is 0 Å². The van der Waals surface area contributed by atoms with E-state index in [1.165, 1.54) is 25.7 Å². The molecule has 0 nitrogen and oxygen atoms in total. The molecule has 1 aliphatic carbocycles. The first kappa shape index (κ1) is 5.71. The third-order valence-corrected chi connectivity index (χ3v) is 1.000. The van der Waals surface area contributed by atoms with Gasteiger partial charge in [0.15, 0.2) is 0 Å². The van der Waals surface area contributed by atoms with E-state index in [0.717, 1.165) is 0 Å². The van der Waals surface area contributed by atoms with Crippen molar-refractivity contribution in [3.05, 3.63) is 0 Å². The number of hydrogen-bond donors (Lipinski definition) is 0. The van der Waals surface area contributed by atoms with Crippen LogP contribution in [0.25, 0.3) is 0 Å². The normalized spacial score (nSPS) is 19.2. The summed E-state index contributed by atoms with van der Waals surface area (Å²) in [7, 11) is 0. The molecule has 0 aliphatic heterocycles. The van der Waals surface area contributed by atoms with Crippen LogP contribution in [-0.4, -0.2) is 0 Å². The van der Waals surface area contributed by atoms with Crippen LogP contribution >= 0.6 is 0 Å². The van der Waals surface area contributed by atoms with E-state index >= 15 is 0 Å². The maximum Gasteiger partial charge on any atom is 0 e. The van der Waals surface area contributed by atoms with Gasteiger partial charge >= 0.3 is 0 Å². The van der Waals surface area contributed by atoms with Crippen LogP contribution in [0.1, 0.15) is 25.7 Å². The minimum Gasteiger partial charge on any atom is -0.0533 e. The number of rotatable bonds is 0. The van der Waals surface area contributed by atoms with Crippen molar-refractivity contribution in [3.8, 4) is 0 Å². The van der Waals surface area contributed by atoms with E-state index < -0.39 is 0 Å². The van der Waals surface area contributed by atoms with Crippen LogP contribution in [0.5, 0.6) is 0 Å². The Morgan fingerprint density at radius 2 is 0.800 bits per heavy atom. The molecule has 0 unspecified atom stereocenters. The first-order valence-electron chi connectivity index (χ1n) is 2.00. The maximum absolute atomic E-state index is 1.50. The summed E-state index contributed by atoms with van der Waals surface area (Å²) in [6.07, 6.45) is 6.00. The molecule has 28 valence electrons. The molecule has 1 saturated carbocycles. The van der Waals surface area contributed by atoms with Gasteiger partial charge in [0.2, 0.25) is 0 Å². The van der Waals surface area contributed by atoms with E-state index in [0.29, 0.717) is 0 Å². The third kappa shape index (κ3) is 1.56. The molecular weight excluding hydrogens is 95.9 g/mol. The zero-order chi connectivity index (χ0) is 2.83. The molecule has 1 fully saturated rings. The monoisotopic (exact) mass is 104 g/mol. The average Bonchev–Trinajstić information content (AvgIpc) is 0.722. The van der Waals surface area contributed by atoms with Crippen LogP contribution in [0, 0.1) is 0 Å². The molecule has 1 heteroatoms. The molecule has 0 aromatic heterocycles. The first-order valence-corrected chi connectivity index (χ1v) is 2.00.